The largest absolute Gasteiger partial charge is 0.376 e. The third-order valence-electron chi connectivity index (χ3n) is 4.18. The molecule has 0 fully saturated rings. The molecule has 2 aromatic heterocycles. The Hall–Kier alpha value is -2.22. The molecule has 0 radical (unpaired) electrons. The van der Waals surface area contributed by atoms with Crippen molar-refractivity contribution in [1.82, 2.24) is 9.55 Å². The highest BCUT2D eigenvalue weighted by atomic mass is 32.1. The van der Waals surface area contributed by atoms with Crippen LogP contribution in [0.15, 0.2) is 39.9 Å². The maximum absolute atomic E-state index is 12.8. The standard InChI is InChI=1S/C19H22N2O4S/c1-3-24-12-15-13(2)16-17(26-15)20-19(23)21(18(16)22)9-10-25-11-14-7-5-4-6-8-14/h4-8H,3,9-12H2,1-2H3,(H,20,23). The van der Waals surface area contributed by atoms with Gasteiger partial charge in [-0.15, -0.1) is 11.3 Å². The molecular formula is C19H22N2O4S. The molecule has 6 nitrogen and oxygen atoms in total. The van der Waals surface area contributed by atoms with Crippen LogP contribution in [0.2, 0.25) is 0 Å². The molecule has 0 unspecified atom stereocenters. The van der Waals surface area contributed by atoms with Crippen molar-refractivity contribution in [3.63, 3.8) is 0 Å². The number of ether oxygens (including phenoxy) is 2. The Morgan fingerprint density at radius 3 is 2.62 bits per heavy atom. The van der Waals surface area contributed by atoms with Crippen LogP contribution in [0.4, 0.5) is 0 Å². The highest BCUT2D eigenvalue weighted by molar-refractivity contribution is 7.18. The van der Waals surface area contributed by atoms with E-state index < -0.39 is 5.69 Å². The van der Waals surface area contributed by atoms with Crippen molar-refractivity contribution in [3.8, 4) is 0 Å². The Morgan fingerprint density at radius 1 is 1.12 bits per heavy atom. The molecule has 3 aromatic rings. The summed E-state index contributed by atoms with van der Waals surface area (Å²) in [6, 6.07) is 9.78. The summed E-state index contributed by atoms with van der Waals surface area (Å²) in [5, 5.41) is 0.562. The molecule has 7 heteroatoms. The zero-order chi connectivity index (χ0) is 18.5. The van der Waals surface area contributed by atoms with Crippen LogP contribution in [0.3, 0.4) is 0 Å². The van der Waals surface area contributed by atoms with Gasteiger partial charge in [-0.3, -0.25) is 14.3 Å². The summed E-state index contributed by atoms with van der Waals surface area (Å²) in [4.78, 5) is 29.4. The van der Waals surface area contributed by atoms with Crippen LogP contribution in [0.25, 0.3) is 10.2 Å². The lowest BCUT2D eigenvalue weighted by molar-refractivity contribution is 0.112. The first-order valence-electron chi connectivity index (χ1n) is 8.56. The second kappa shape index (κ2) is 8.44. The van der Waals surface area contributed by atoms with Crippen molar-refractivity contribution < 1.29 is 9.47 Å². The van der Waals surface area contributed by atoms with E-state index >= 15 is 0 Å². The zero-order valence-electron chi connectivity index (χ0n) is 14.9. The highest BCUT2D eigenvalue weighted by Crippen LogP contribution is 2.26. The van der Waals surface area contributed by atoms with Gasteiger partial charge in [0, 0.05) is 11.5 Å². The number of rotatable bonds is 8. The van der Waals surface area contributed by atoms with E-state index in [-0.39, 0.29) is 12.1 Å². The third kappa shape index (κ3) is 3.95. The van der Waals surface area contributed by atoms with Gasteiger partial charge in [0.2, 0.25) is 0 Å². The topological polar surface area (TPSA) is 73.3 Å². The van der Waals surface area contributed by atoms with Gasteiger partial charge in [0.25, 0.3) is 5.56 Å². The summed E-state index contributed by atoms with van der Waals surface area (Å²) >= 11 is 1.40. The van der Waals surface area contributed by atoms with Crippen molar-refractivity contribution in [2.24, 2.45) is 0 Å². The van der Waals surface area contributed by atoms with Crippen molar-refractivity contribution in [1.29, 1.82) is 0 Å². The first-order chi connectivity index (χ1) is 12.6. The van der Waals surface area contributed by atoms with Gasteiger partial charge >= 0.3 is 5.69 Å². The second-order valence-electron chi connectivity index (χ2n) is 5.92. The first kappa shape index (κ1) is 18.6. The fourth-order valence-corrected chi connectivity index (χ4v) is 3.88. The number of fused-ring (bicyclic) bond motifs is 1. The molecule has 1 N–H and O–H groups in total. The zero-order valence-corrected chi connectivity index (χ0v) is 15.7. The molecular weight excluding hydrogens is 352 g/mol. The Balaban J connectivity index is 1.77. The number of hydrogen-bond donors (Lipinski definition) is 1. The molecule has 0 aliphatic carbocycles. The molecule has 2 heterocycles. The Labute approximate surface area is 155 Å². The van der Waals surface area contributed by atoms with E-state index in [1.807, 2.05) is 44.2 Å². The molecule has 0 aliphatic rings. The fraction of sp³-hybridized carbons (Fsp3) is 0.368. The maximum atomic E-state index is 12.8. The predicted octanol–water partition coefficient (Wildman–Crippen LogP) is 2.81. The van der Waals surface area contributed by atoms with Gasteiger partial charge < -0.3 is 9.47 Å². The molecule has 0 aliphatic heterocycles. The lowest BCUT2D eigenvalue weighted by Crippen LogP contribution is -2.36. The van der Waals surface area contributed by atoms with Crippen LogP contribution in [0, 0.1) is 6.92 Å². The van der Waals surface area contributed by atoms with Gasteiger partial charge in [-0.05, 0) is 25.0 Å². The van der Waals surface area contributed by atoms with E-state index in [0.717, 1.165) is 16.0 Å². The summed E-state index contributed by atoms with van der Waals surface area (Å²) in [5.41, 5.74) is 1.25. The molecule has 138 valence electrons. The number of hydrogen-bond acceptors (Lipinski definition) is 5. The summed E-state index contributed by atoms with van der Waals surface area (Å²) in [5.74, 6) is 0. The molecule has 0 saturated carbocycles. The number of aromatic amines is 1. The van der Waals surface area contributed by atoms with Crippen LogP contribution in [0.5, 0.6) is 0 Å². The Bertz CT molecular complexity index is 988. The van der Waals surface area contributed by atoms with E-state index in [1.165, 1.54) is 15.9 Å². The third-order valence-corrected chi connectivity index (χ3v) is 5.36. The smallest absolute Gasteiger partial charge is 0.329 e. The van der Waals surface area contributed by atoms with E-state index in [4.69, 9.17) is 9.47 Å². The average molecular weight is 374 g/mol. The minimum absolute atomic E-state index is 0.215. The number of H-pyrrole nitrogens is 1. The summed E-state index contributed by atoms with van der Waals surface area (Å²) in [6.45, 7) is 5.82. The number of nitrogens with one attached hydrogen (secondary N) is 1. The molecule has 1 aromatic carbocycles. The van der Waals surface area contributed by atoms with Crippen LogP contribution < -0.4 is 11.2 Å². The fourth-order valence-electron chi connectivity index (χ4n) is 2.75. The average Bonchev–Trinajstić information content (AvgIpc) is 2.95. The van der Waals surface area contributed by atoms with Gasteiger partial charge in [0.1, 0.15) is 4.83 Å². The van der Waals surface area contributed by atoms with Crippen molar-refractivity contribution in [2.45, 2.75) is 33.6 Å². The normalized spacial score (nSPS) is 11.3. The monoisotopic (exact) mass is 374 g/mol. The number of benzene rings is 1. The number of nitrogens with zero attached hydrogens (tertiary/aromatic N) is 1. The molecule has 3 rings (SSSR count). The Kier molecular flexibility index (Phi) is 6.03. The lowest BCUT2D eigenvalue weighted by atomic mass is 10.2. The molecule has 0 spiro atoms. The van der Waals surface area contributed by atoms with Gasteiger partial charge in [-0.25, -0.2) is 4.79 Å². The summed E-state index contributed by atoms with van der Waals surface area (Å²) in [7, 11) is 0. The van der Waals surface area contributed by atoms with E-state index in [9.17, 15) is 9.59 Å². The minimum Gasteiger partial charge on any atom is -0.376 e. The number of aromatic nitrogens is 2. The maximum Gasteiger partial charge on any atom is 0.329 e. The number of aryl methyl sites for hydroxylation is 1. The number of thiophene rings is 1. The van der Waals surface area contributed by atoms with Gasteiger partial charge in [-0.2, -0.15) is 0 Å². The lowest BCUT2D eigenvalue weighted by Gasteiger charge is -2.07. The van der Waals surface area contributed by atoms with Crippen molar-refractivity contribution in [3.05, 3.63) is 67.2 Å². The van der Waals surface area contributed by atoms with E-state index in [0.29, 0.717) is 36.6 Å². The quantitative estimate of drug-likeness (QED) is 0.616. The molecule has 0 bridgehead atoms. The minimum atomic E-state index is -0.407. The summed E-state index contributed by atoms with van der Waals surface area (Å²) in [6.07, 6.45) is 0. The Morgan fingerprint density at radius 2 is 1.88 bits per heavy atom. The van der Waals surface area contributed by atoms with Crippen LogP contribution >= 0.6 is 11.3 Å². The second-order valence-corrected chi connectivity index (χ2v) is 7.02. The van der Waals surface area contributed by atoms with E-state index in [2.05, 4.69) is 4.98 Å². The van der Waals surface area contributed by atoms with Gasteiger partial charge in [0.05, 0.1) is 31.8 Å². The van der Waals surface area contributed by atoms with Crippen LogP contribution in [-0.4, -0.2) is 22.8 Å². The summed E-state index contributed by atoms with van der Waals surface area (Å²) < 4.78 is 12.3. The molecule has 0 atom stereocenters. The molecule has 0 saturated heterocycles. The van der Waals surface area contributed by atoms with Crippen molar-refractivity contribution >= 4 is 21.6 Å². The SMILES string of the molecule is CCOCc1sc2[nH]c(=O)n(CCOCc3ccccc3)c(=O)c2c1C. The van der Waals surface area contributed by atoms with E-state index in [1.54, 1.807) is 0 Å². The van der Waals surface area contributed by atoms with Crippen LogP contribution in [0.1, 0.15) is 22.9 Å². The van der Waals surface area contributed by atoms with Gasteiger partial charge in [0.15, 0.2) is 0 Å². The molecule has 0 amide bonds. The van der Waals surface area contributed by atoms with Crippen molar-refractivity contribution in [2.75, 3.05) is 13.2 Å². The van der Waals surface area contributed by atoms with Gasteiger partial charge in [-0.1, -0.05) is 30.3 Å². The predicted molar refractivity (Wildman–Crippen MR) is 103 cm³/mol. The molecule has 26 heavy (non-hydrogen) atoms. The first-order valence-corrected chi connectivity index (χ1v) is 9.38. The highest BCUT2D eigenvalue weighted by Gasteiger charge is 2.15. The van der Waals surface area contributed by atoms with Crippen LogP contribution in [-0.2, 0) is 29.2 Å².